The van der Waals surface area contributed by atoms with Crippen molar-refractivity contribution in [1.29, 1.82) is 0 Å². The van der Waals surface area contributed by atoms with E-state index < -0.39 is 0 Å². The van der Waals surface area contributed by atoms with Crippen molar-refractivity contribution in [2.45, 2.75) is 0 Å². The second-order valence-electron chi connectivity index (χ2n) is 5.58. The molecule has 0 spiro atoms. The van der Waals surface area contributed by atoms with Crippen LogP contribution in [0.1, 0.15) is 10.5 Å². The fraction of sp³-hybridized carbons (Fsp3) is 0.0556. The van der Waals surface area contributed by atoms with Gasteiger partial charge in [0.25, 0.3) is 11.9 Å². The Morgan fingerprint density at radius 1 is 1.08 bits per heavy atom. The number of nitrogens with one attached hydrogen (secondary N) is 1. The van der Waals surface area contributed by atoms with Crippen LogP contribution >= 0.6 is 0 Å². The Balaban J connectivity index is 1.52. The van der Waals surface area contributed by atoms with Crippen LogP contribution in [0.2, 0.25) is 0 Å². The van der Waals surface area contributed by atoms with E-state index in [-0.39, 0.29) is 5.91 Å². The highest BCUT2D eigenvalue weighted by molar-refractivity contribution is 6.03. The standard InChI is InChI=1S/C18H15N7O/c1-24-16(10-15(23-24)13-6-3-2-4-7-13)17(26)22-14-11-19-18(20-12-14)25-9-5-8-21-25/h2-12H,1H3,(H,22,26). The van der Waals surface area contributed by atoms with Crippen LogP contribution in [0.4, 0.5) is 5.69 Å². The quantitative estimate of drug-likeness (QED) is 0.613. The van der Waals surface area contributed by atoms with Crippen molar-refractivity contribution < 1.29 is 4.79 Å². The first-order valence-corrected chi connectivity index (χ1v) is 7.93. The molecule has 0 aliphatic rings. The molecular weight excluding hydrogens is 330 g/mol. The van der Waals surface area contributed by atoms with Crippen molar-refractivity contribution in [2.75, 3.05) is 5.32 Å². The van der Waals surface area contributed by atoms with E-state index in [4.69, 9.17) is 0 Å². The highest BCUT2D eigenvalue weighted by Crippen LogP contribution is 2.19. The Kier molecular flexibility index (Phi) is 3.98. The van der Waals surface area contributed by atoms with Crippen LogP contribution in [0.15, 0.2) is 67.3 Å². The molecule has 1 amide bonds. The van der Waals surface area contributed by atoms with Crippen LogP contribution in [0.3, 0.4) is 0 Å². The first kappa shape index (κ1) is 15.7. The summed E-state index contributed by atoms with van der Waals surface area (Å²) >= 11 is 0. The molecule has 0 atom stereocenters. The van der Waals surface area contributed by atoms with Gasteiger partial charge in [0.1, 0.15) is 5.69 Å². The van der Waals surface area contributed by atoms with Gasteiger partial charge in [0.15, 0.2) is 0 Å². The Bertz CT molecular complexity index is 1020. The Labute approximate surface area is 149 Å². The fourth-order valence-electron chi connectivity index (χ4n) is 2.52. The largest absolute Gasteiger partial charge is 0.318 e. The summed E-state index contributed by atoms with van der Waals surface area (Å²) in [6.07, 6.45) is 6.47. The average Bonchev–Trinajstić information content (AvgIpc) is 3.33. The van der Waals surface area contributed by atoms with E-state index in [0.29, 0.717) is 17.3 Å². The molecule has 0 bridgehead atoms. The number of aryl methyl sites for hydroxylation is 1. The third kappa shape index (κ3) is 3.07. The number of anilines is 1. The van der Waals surface area contributed by atoms with E-state index in [0.717, 1.165) is 11.3 Å². The molecule has 3 heterocycles. The van der Waals surface area contributed by atoms with Crippen molar-refractivity contribution >= 4 is 11.6 Å². The predicted octanol–water partition coefficient (Wildman–Crippen LogP) is 2.32. The van der Waals surface area contributed by atoms with Gasteiger partial charge in [0.05, 0.1) is 23.8 Å². The highest BCUT2D eigenvalue weighted by atomic mass is 16.2. The minimum Gasteiger partial charge on any atom is -0.318 e. The molecule has 26 heavy (non-hydrogen) atoms. The average molecular weight is 345 g/mol. The molecule has 1 N–H and O–H groups in total. The smallest absolute Gasteiger partial charge is 0.274 e. The molecule has 3 aromatic heterocycles. The summed E-state index contributed by atoms with van der Waals surface area (Å²) in [5.74, 6) is 0.150. The summed E-state index contributed by atoms with van der Waals surface area (Å²) in [6.45, 7) is 0. The second kappa shape index (κ2) is 6.60. The number of benzene rings is 1. The SMILES string of the molecule is Cn1nc(-c2ccccc2)cc1C(=O)Nc1cnc(-n2cccn2)nc1. The highest BCUT2D eigenvalue weighted by Gasteiger charge is 2.15. The lowest BCUT2D eigenvalue weighted by Gasteiger charge is -2.05. The molecule has 0 saturated carbocycles. The van der Waals surface area contributed by atoms with Crippen LogP contribution in [0.25, 0.3) is 17.2 Å². The summed E-state index contributed by atoms with van der Waals surface area (Å²) in [4.78, 5) is 20.9. The maximum atomic E-state index is 12.5. The maximum Gasteiger partial charge on any atom is 0.274 e. The van der Waals surface area contributed by atoms with Gasteiger partial charge >= 0.3 is 0 Å². The Morgan fingerprint density at radius 2 is 1.85 bits per heavy atom. The predicted molar refractivity (Wildman–Crippen MR) is 95.8 cm³/mol. The molecule has 8 heteroatoms. The molecule has 1 aromatic carbocycles. The third-order valence-electron chi connectivity index (χ3n) is 3.79. The van der Waals surface area contributed by atoms with Crippen molar-refractivity contribution in [3.05, 3.63) is 72.9 Å². The van der Waals surface area contributed by atoms with Gasteiger partial charge in [0, 0.05) is 25.0 Å². The number of hydrogen-bond acceptors (Lipinski definition) is 5. The number of carbonyl (C=O) groups is 1. The number of amides is 1. The molecule has 0 radical (unpaired) electrons. The molecule has 0 fully saturated rings. The van der Waals surface area contributed by atoms with Crippen LogP contribution < -0.4 is 5.32 Å². The lowest BCUT2D eigenvalue weighted by molar-refractivity contribution is 0.101. The summed E-state index contributed by atoms with van der Waals surface area (Å²) in [7, 11) is 1.73. The molecule has 0 aliphatic carbocycles. The van der Waals surface area contributed by atoms with Gasteiger partial charge in [-0.2, -0.15) is 10.2 Å². The van der Waals surface area contributed by atoms with E-state index in [1.165, 1.54) is 12.4 Å². The molecule has 0 saturated heterocycles. The molecule has 4 rings (SSSR count). The molecular formula is C18H15N7O. The van der Waals surface area contributed by atoms with Gasteiger partial charge in [-0.05, 0) is 12.1 Å². The van der Waals surface area contributed by atoms with Gasteiger partial charge in [-0.25, -0.2) is 14.6 Å². The minimum absolute atomic E-state index is 0.280. The van der Waals surface area contributed by atoms with Gasteiger partial charge in [0.2, 0.25) is 0 Å². The first-order chi connectivity index (χ1) is 12.7. The van der Waals surface area contributed by atoms with E-state index in [1.807, 2.05) is 30.3 Å². The first-order valence-electron chi connectivity index (χ1n) is 7.93. The third-order valence-corrected chi connectivity index (χ3v) is 3.79. The Morgan fingerprint density at radius 3 is 2.54 bits per heavy atom. The van der Waals surface area contributed by atoms with Crippen molar-refractivity contribution in [2.24, 2.45) is 7.05 Å². The summed E-state index contributed by atoms with van der Waals surface area (Å²) in [5, 5.41) is 11.2. The number of nitrogens with zero attached hydrogens (tertiary/aromatic N) is 6. The summed E-state index contributed by atoms with van der Waals surface area (Å²) in [6, 6.07) is 13.2. The van der Waals surface area contributed by atoms with Gasteiger partial charge in [-0.15, -0.1) is 0 Å². The van der Waals surface area contributed by atoms with E-state index >= 15 is 0 Å². The zero-order chi connectivity index (χ0) is 17.9. The maximum absolute atomic E-state index is 12.5. The molecule has 8 nitrogen and oxygen atoms in total. The number of rotatable bonds is 4. The summed E-state index contributed by atoms with van der Waals surface area (Å²) < 4.78 is 3.09. The minimum atomic E-state index is -0.280. The Hall–Kier alpha value is -3.81. The zero-order valence-electron chi connectivity index (χ0n) is 13.9. The van der Waals surface area contributed by atoms with Crippen molar-refractivity contribution in [3.8, 4) is 17.2 Å². The van der Waals surface area contributed by atoms with Gasteiger partial charge < -0.3 is 5.32 Å². The monoisotopic (exact) mass is 345 g/mol. The number of carbonyl (C=O) groups excluding carboxylic acids is 1. The molecule has 0 unspecified atom stereocenters. The van der Waals surface area contributed by atoms with Gasteiger partial charge in [-0.1, -0.05) is 30.3 Å². The lowest BCUT2D eigenvalue weighted by Crippen LogP contribution is -2.16. The van der Waals surface area contributed by atoms with Crippen LogP contribution in [-0.2, 0) is 7.05 Å². The molecule has 0 aliphatic heterocycles. The van der Waals surface area contributed by atoms with Crippen LogP contribution in [0.5, 0.6) is 0 Å². The van der Waals surface area contributed by atoms with Gasteiger partial charge in [-0.3, -0.25) is 9.48 Å². The van der Waals surface area contributed by atoms with E-state index in [1.54, 1.807) is 40.9 Å². The number of hydrogen-bond donors (Lipinski definition) is 1. The van der Waals surface area contributed by atoms with E-state index in [2.05, 4.69) is 25.5 Å². The topological polar surface area (TPSA) is 90.5 Å². The normalized spacial score (nSPS) is 10.7. The fourth-order valence-corrected chi connectivity index (χ4v) is 2.52. The lowest BCUT2D eigenvalue weighted by atomic mass is 10.1. The van der Waals surface area contributed by atoms with E-state index in [9.17, 15) is 4.79 Å². The van der Waals surface area contributed by atoms with Crippen LogP contribution in [-0.4, -0.2) is 35.4 Å². The van der Waals surface area contributed by atoms with Crippen molar-refractivity contribution in [1.82, 2.24) is 29.5 Å². The van der Waals surface area contributed by atoms with Crippen molar-refractivity contribution in [3.63, 3.8) is 0 Å². The zero-order valence-corrected chi connectivity index (χ0v) is 13.9. The van der Waals surface area contributed by atoms with Crippen LogP contribution in [0, 0.1) is 0 Å². The molecule has 128 valence electrons. The summed E-state index contributed by atoms with van der Waals surface area (Å²) in [5.41, 5.74) is 2.63. The molecule has 4 aromatic rings. The number of aromatic nitrogens is 6. The second-order valence-corrected chi connectivity index (χ2v) is 5.58.